The summed E-state index contributed by atoms with van der Waals surface area (Å²) in [6, 6.07) is 0. The van der Waals surface area contributed by atoms with E-state index in [-0.39, 0.29) is 0 Å². The van der Waals surface area contributed by atoms with Crippen LogP contribution in [-0.4, -0.2) is 11.1 Å². The third-order valence-corrected chi connectivity index (χ3v) is 4.40. The summed E-state index contributed by atoms with van der Waals surface area (Å²) in [5.74, 6) is -0.656. The summed E-state index contributed by atoms with van der Waals surface area (Å²) in [5, 5.41) is 8.54. The molecule has 0 rings (SSSR count). The quantitative estimate of drug-likeness (QED) is 0.212. The summed E-state index contributed by atoms with van der Waals surface area (Å²) in [5.41, 5.74) is 0. The van der Waals surface area contributed by atoms with E-state index in [0.717, 1.165) is 12.8 Å². The maximum atomic E-state index is 10.4. The van der Waals surface area contributed by atoms with Crippen LogP contribution in [0.2, 0.25) is 0 Å². The summed E-state index contributed by atoms with van der Waals surface area (Å²) in [6.07, 6.45) is 25.6. The molecule has 0 heterocycles. The topological polar surface area (TPSA) is 37.3 Å². The molecular weight excluding hydrogens is 284 g/mol. The zero-order valence-electron chi connectivity index (χ0n) is 15.5. The van der Waals surface area contributed by atoms with Crippen molar-refractivity contribution in [1.29, 1.82) is 0 Å². The van der Waals surface area contributed by atoms with Crippen LogP contribution in [-0.2, 0) is 4.79 Å². The van der Waals surface area contributed by atoms with Crippen LogP contribution >= 0.6 is 0 Å². The van der Waals surface area contributed by atoms with Gasteiger partial charge in [-0.3, -0.25) is 4.79 Å². The number of carbonyl (C=O) groups is 1. The molecule has 0 unspecified atom stereocenters. The lowest BCUT2D eigenvalue weighted by molar-refractivity contribution is -0.137. The van der Waals surface area contributed by atoms with Crippen LogP contribution in [0.25, 0.3) is 0 Å². The Hall–Kier alpha value is -0.790. The highest BCUT2D eigenvalue weighted by atomic mass is 16.4. The van der Waals surface area contributed by atoms with Crippen LogP contribution in [0.5, 0.6) is 0 Å². The van der Waals surface area contributed by atoms with Crippen molar-refractivity contribution < 1.29 is 9.90 Å². The Morgan fingerprint density at radius 3 is 1.48 bits per heavy atom. The fraction of sp³-hybridized carbons (Fsp3) is 0.857. The molecule has 2 nitrogen and oxygen atoms in total. The summed E-state index contributed by atoms with van der Waals surface area (Å²) in [6.45, 7) is 2.26. The highest BCUT2D eigenvalue weighted by Gasteiger charge is 1.96. The first-order valence-electron chi connectivity index (χ1n) is 10.1. The van der Waals surface area contributed by atoms with Crippen molar-refractivity contribution in [3.63, 3.8) is 0 Å². The molecular formula is C21H40O2. The van der Waals surface area contributed by atoms with E-state index in [1.807, 2.05) is 0 Å². The van der Waals surface area contributed by atoms with Crippen LogP contribution in [0.3, 0.4) is 0 Å². The van der Waals surface area contributed by atoms with E-state index in [4.69, 9.17) is 5.11 Å². The summed E-state index contributed by atoms with van der Waals surface area (Å²) in [7, 11) is 0. The van der Waals surface area contributed by atoms with E-state index < -0.39 is 5.97 Å². The van der Waals surface area contributed by atoms with Gasteiger partial charge in [0, 0.05) is 6.42 Å². The van der Waals surface area contributed by atoms with Crippen LogP contribution in [0.1, 0.15) is 116 Å². The molecule has 0 aliphatic rings. The number of hydrogen-bond donors (Lipinski definition) is 1. The van der Waals surface area contributed by atoms with Crippen molar-refractivity contribution in [3.8, 4) is 0 Å². The Morgan fingerprint density at radius 1 is 0.652 bits per heavy atom. The van der Waals surface area contributed by atoms with Crippen molar-refractivity contribution in [2.45, 2.75) is 116 Å². The second-order valence-electron chi connectivity index (χ2n) is 6.79. The minimum atomic E-state index is -0.656. The van der Waals surface area contributed by atoms with Crippen LogP contribution in [0.15, 0.2) is 12.2 Å². The first kappa shape index (κ1) is 22.2. The smallest absolute Gasteiger partial charge is 0.303 e. The van der Waals surface area contributed by atoms with Gasteiger partial charge in [0.2, 0.25) is 0 Å². The Kier molecular flexibility index (Phi) is 18.6. The minimum absolute atomic E-state index is 0.340. The van der Waals surface area contributed by atoms with E-state index in [0.29, 0.717) is 6.42 Å². The fourth-order valence-electron chi connectivity index (χ4n) is 2.88. The average molecular weight is 325 g/mol. The molecule has 0 saturated carbocycles. The lowest BCUT2D eigenvalue weighted by Crippen LogP contribution is -1.93. The number of hydrogen-bond acceptors (Lipinski definition) is 1. The van der Waals surface area contributed by atoms with E-state index in [1.165, 1.54) is 89.9 Å². The van der Waals surface area contributed by atoms with Crippen LogP contribution in [0.4, 0.5) is 0 Å². The predicted molar refractivity (Wildman–Crippen MR) is 101 cm³/mol. The minimum Gasteiger partial charge on any atom is -0.481 e. The summed E-state index contributed by atoms with van der Waals surface area (Å²) in [4.78, 5) is 10.4. The lowest BCUT2D eigenvalue weighted by atomic mass is 10.0. The molecule has 0 amide bonds. The molecule has 0 bridgehead atoms. The number of unbranched alkanes of at least 4 members (excludes halogenated alkanes) is 14. The Morgan fingerprint density at radius 2 is 1.04 bits per heavy atom. The molecule has 0 spiro atoms. The molecule has 0 aromatic heterocycles. The fourth-order valence-corrected chi connectivity index (χ4v) is 2.88. The highest BCUT2D eigenvalue weighted by Crippen LogP contribution is 2.12. The highest BCUT2D eigenvalue weighted by molar-refractivity contribution is 5.66. The van der Waals surface area contributed by atoms with Crippen molar-refractivity contribution >= 4 is 5.97 Å². The molecule has 0 atom stereocenters. The molecule has 0 aromatic rings. The maximum absolute atomic E-state index is 10.4. The molecule has 0 saturated heterocycles. The third-order valence-electron chi connectivity index (χ3n) is 4.40. The molecule has 0 aliphatic heterocycles. The summed E-state index contributed by atoms with van der Waals surface area (Å²) >= 11 is 0. The van der Waals surface area contributed by atoms with Gasteiger partial charge in [0.15, 0.2) is 0 Å². The zero-order chi connectivity index (χ0) is 17.0. The van der Waals surface area contributed by atoms with Crippen LogP contribution < -0.4 is 0 Å². The van der Waals surface area contributed by atoms with Crippen molar-refractivity contribution in [3.05, 3.63) is 12.2 Å². The van der Waals surface area contributed by atoms with Gasteiger partial charge < -0.3 is 5.11 Å². The number of carboxylic acid groups (broad SMARTS) is 1. The first-order valence-corrected chi connectivity index (χ1v) is 10.1. The van der Waals surface area contributed by atoms with E-state index >= 15 is 0 Å². The van der Waals surface area contributed by atoms with Gasteiger partial charge in [-0.15, -0.1) is 0 Å². The van der Waals surface area contributed by atoms with Crippen LogP contribution in [0, 0.1) is 0 Å². The second-order valence-corrected chi connectivity index (χ2v) is 6.79. The number of carboxylic acids is 1. The van der Waals surface area contributed by atoms with Gasteiger partial charge in [0.1, 0.15) is 0 Å². The second kappa shape index (κ2) is 19.3. The molecule has 0 radical (unpaired) electrons. The van der Waals surface area contributed by atoms with Gasteiger partial charge in [-0.2, -0.15) is 0 Å². The Balaban J connectivity index is 3.05. The van der Waals surface area contributed by atoms with E-state index in [2.05, 4.69) is 19.1 Å². The normalized spacial score (nSPS) is 11.3. The van der Waals surface area contributed by atoms with Crippen molar-refractivity contribution in [2.75, 3.05) is 0 Å². The zero-order valence-corrected chi connectivity index (χ0v) is 15.5. The van der Waals surface area contributed by atoms with Crippen molar-refractivity contribution in [2.24, 2.45) is 0 Å². The third kappa shape index (κ3) is 21.2. The largest absolute Gasteiger partial charge is 0.481 e. The van der Waals surface area contributed by atoms with Gasteiger partial charge in [-0.1, -0.05) is 89.7 Å². The Bertz CT molecular complexity index is 271. The molecule has 2 heteroatoms. The molecule has 1 N–H and O–H groups in total. The molecule has 136 valence electrons. The lowest BCUT2D eigenvalue weighted by Gasteiger charge is -2.02. The number of allylic oxidation sites excluding steroid dienone is 2. The molecule has 0 aromatic carbocycles. The number of rotatable bonds is 18. The van der Waals surface area contributed by atoms with E-state index in [9.17, 15) is 4.79 Å². The van der Waals surface area contributed by atoms with Crippen molar-refractivity contribution in [1.82, 2.24) is 0 Å². The maximum Gasteiger partial charge on any atom is 0.303 e. The summed E-state index contributed by atoms with van der Waals surface area (Å²) < 4.78 is 0. The molecule has 0 fully saturated rings. The Labute approximate surface area is 144 Å². The average Bonchev–Trinajstić information content (AvgIpc) is 2.53. The van der Waals surface area contributed by atoms with Gasteiger partial charge >= 0.3 is 5.97 Å². The SMILES string of the molecule is CCCCCCC=CCCCCCCCCCCCCC(=O)O. The standard InChI is InChI=1S/C21H40O2/c1-2-3-4-5-6-7-8-9-10-11-12-13-14-15-16-17-18-19-20-21(22)23/h7-8H,2-6,9-20H2,1H3,(H,22,23). The van der Waals surface area contributed by atoms with Gasteiger partial charge in [0.25, 0.3) is 0 Å². The van der Waals surface area contributed by atoms with Gasteiger partial charge in [0.05, 0.1) is 0 Å². The molecule has 0 aliphatic carbocycles. The monoisotopic (exact) mass is 324 g/mol. The van der Waals surface area contributed by atoms with Gasteiger partial charge in [-0.05, 0) is 32.1 Å². The first-order chi connectivity index (χ1) is 11.3. The van der Waals surface area contributed by atoms with Gasteiger partial charge in [-0.25, -0.2) is 0 Å². The molecule has 23 heavy (non-hydrogen) atoms. The number of aliphatic carboxylic acids is 1. The predicted octanol–water partition coefficient (Wildman–Crippen LogP) is 7.28. The van der Waals surface area contributed by atoms with E-state index in [1.54, 1.807) is 0 Å².